The van der Waals surface area contributed by atoms with Gasteiger partial charge in [-0.2, -0.15) is 0 Å². The van der Waals surface area contributed by atoms with Crippen LogP contribution in [0.5, 0.6) is 0 Å². The van der Waals surface area contributed by atoms with Gasteiger partial charge in [-0.25, -0.2) is 0 Å². The third-order valence-electron chi connectivity index (χ3n) is 0.907. The zero-order chi connectivity index (χ0) is 5.86. The van der Waals surface area contributed by atoms with E-state index in [0.717, 1.165) is 12.1 Å². The lowest BCUT2D eigenvalue weighted by Gasteiger charge is -2.11. The van der Waals surface area contributed by atoms with Crippen molar-refractivity contribution < 1.29 is 0 Å². The van der Waals surface area contributed by atoms with Crippen molar-refractivity contribution in [2.45, 2.75) is 13.3 Å². The lowest BCUT2D eigenvalue weighted by molar-refractivity contribution is 0.671. The summed E-state index contributed by atoms with van der Waals surface area (Å²) in [6.07, 6.45) is 1.03. The Hall–Kier alpha value is -0.0300. The van der Waals surface area contributed by atoms with Crippen LogP contribution < -0.4 is 0 Å². The van der Waals surface area contributed by atoms with Gasteiger partial charge in [0.2, 0.25) is 0 Å². The summed E-state index contributed by atoms with van der Waals surface area (Å²) in [5, 5.41) is 0. The zero-order valence-corrected chi connectivity index (χ0v) is 6.09. The summed E-state index contributed by atoms with van der Waals surface area (Å²) in [6, 6.07) is 0. The fourth-order valence-corrected chi connectivity index (χ4v) is 0.432. The Morgan fingerprint density at radius 3 is 2.29 bits per heavy atom. The van der Waals surface area contributed by atoms with Crippen LogP contribution >= 0.6 is 9.39 Å². The van der Waals surface area contributed by atoms with Crippen molar-refractivity contribution in [3.8, 4) is 0 Å². The fourth-order valence-electron chi connectivity index (χ4n) is 0.249. The van der Waals surface area contributed by atoms with Crippen molar-refractivity contribution in [2.75, 3.05) is 7.05 Å². The Balaban J connectivity index is 3.35. The van der Waals surface area contributed by atoms with Gasteiger partial charge in [0.05, 0.1) is 0 Å². The average molecular weight is 117 g/mol. The summed E-state index contributed by atoms with van der Waals surface area (Å²) < 4.78 is 1.94. The molecular weight excluding hydrogens is 105 g/mol. The SMILES string of the molecule is C=C(CC)N(C)P. The van der Waals surface area contributed by atoms with Gasteiger partial charge in [-0.1, -0.05) is 13.5 Å². The first-order valence-electron chi connectivity index (χ1n) is 2.34. The third-order valence-corrected chi connectivity index (χ3v) is 1.27. The van der Waals surface area contributed by atoms with Gasteiger partial charge in [-0.15, -0.1) is 0 Å². The second-order valence-corrected chi connectivity index (χ2v) is 2.31. The molecule has 0 fully saturated rings. The molecular formula is C5H12NP. The van der Waals surface area contributed by atoms with Crippen molar-refractivity contribution in [3.05, 3.63) is 12.3 Å². The van der Waals surface area contributed by atoms with Crippen molar-refractivity contribution in [1.29, 1.82) is 0 Å². The molecule has 0 aromatic carbocycles. The molecule has 0 heterocycles. The van der Waals surface area contributed by atoms with E-state index in [4.69, 9.17) is 0 Å². The zero-order valence-electron chi connectivity index (χ0n) is 4.94. The van der Waals surface area contributed by atoms with E-state index >= 15 is 0 Å². The topological polar surface area (TPSA) is 3.24 Å². The van der Waals surface area contributed by atoms with Crippen LogP contribution in [0.15, 0.2) is 12.3 Å². The smallest absolute Gasteiger partial charge is 0.00951 e. The van der Waals surface area contributed by atoms with Crippen molar-refractivity contribution in [2.24, 2.45) is 0 Å². The van der Waals surface area contributed by atoms with Gasteiger partial charge in [-0.05, 0) is 15.8 Å². The largest absolute Gasteiger partial charge is 0.363 e. The van der Waals surface area contributed by atoms with Crippen LogP contribution in [0.2, 0.25) is 0 Å². The number of allylic oxidation sites excluding steroid dienone is 1. The van der Waals surface area contributed by atoms with Crippen LogP contribution in [0.3, 0.4) is 0 Å². The molecule has 0 aliphatic heterocycles. The van der Waals surface area contributed by atoms with Gasteiger partial charge in [-0.3, -0.25) is 0 Å². The molecule has 0 bridgehead atoms. The predicted octanol–water partition coefficient (Wildman–Crippen LogP) is 1.63. The highest BCUT2D eigenvalue weighted by molar-refractivity contribution is 7.13. The summed E-state index contributed by atoms with van der Waals surface area (Å²) in [5.41, 5.74) is 1.14. The molecule has 0 spiro atoms. The van der Waals surface area contributed by atoms with E-state index in [1.165, 1.54) is 0 Å². The molecule has 0 aromatic heterocycles. The standard InChI is InChI=1S/C5H12NP/c1-4-5(2)6(3)7/h2,4,7H2,1,3H3. The lowest BCUT2D eigenvalue weighted by atomic mass is 10.4. The van der Waals surface area contributed by atoms with E-state index in [0.29, 0.717) is 0 Å². The van der Waals surface area contributed by atoms with E-state index < -0.39 is 0 Å². The van der Waals surface area contributed by atoms with Crippen LogP contribution in [0.25, 0.3) is 0 Å². The monoisotopic (exact) mass is 117 g/mol. The summed E-state index contributed by atoms with van der Waals surface area (Å²) >= 11 is 0. The molecule has 1 nitrogen and oxygen atoms in total. The molecule has 7 heavy (non-hydrogen) atoms. The number of nitrogens with zero attached hydrogens (tertiary/aromatic N) is 1. The van der Waals surface area contributed by atoms with E-state index in [-0.39, 0.29) is 0 Å². The van der Waals surface area contributed by atoms with E-state index in [1.54, 1.807) is 0 Å². The minimum absolute atomic E-state index is 1.03. The van der Waals surface area contributed by atoms with Crippen molar-refractivity contribution in [3.63, 3.8) is 0 Å². The Morgan fingerprint density at radius 2 is 2.29 bits per heavy atom. The molecule has 0 N–H and O–H groups in total. The molecule has 1 unspecified atom stereocenters. The molecule has 0 saturated carbocycles. The molecule has 2 heteroatoms. The first-order valence-corrected chi connectivity index (χ1v) is 2.86. The minimum Gasteiger partial charge on any atom is -0.363 e. The van der Waals surface area contributed by atoms with Crippen LogP contribution in [-0.4, -0.2) is 11.7 Å². The van der Waals surface area contributed by atoms with E-state index in [9.17, 15) is 0 Å². The van der Waals surface area contributed by atoms with Gasteiger partial charge in [0.1, 0.15) is 0 Å². The van der Waals surface area contributed by atoms with Crippen molar-refractivity contribution in [1.82, 2.24) is 4.67 Å². The highest BCUT2D eigenvalue weighted by Gasteiger charge is 1.87. The average Bonchev–Trinajstić information content (AvgIpc) is 1.65. The minimum atomic E-state index is 1.03. The van der Waals surface area contributed by atoms with E-state index in [2.05, 4.69) is 22.9 Å². The maximum atomic E-state index is 3.78. The predicted molar refractivity (Wildman–Crippen MR) is 36.9 cm³/mol. The maximum absolute atomic E-state index is 3.78. The molecule has 42 valence electrons. The summed E-state index contributed by atoms with van der Waals surface area (Å²) in [5.74, 6) is 0. The maximum Gasteiger partial charge on any atom is 0.00951 e. The molecule has 0 aliphatic rings. The van der Waals surface area contributed by atoms with Gasteiger partial charge < -0.3 is 4.67 Å². The first kappa shape index (κ1) is 6.97. The summed E-state index contributed by atoms with van der Waals surface area (Å²) in [4.78, 5) is 0. The van der Waals surface area contributed by atoms with Crippen LogP contribution in [0.1, 0.15) is 13.3 Å². The quantitative estimate of drug-likeness (QED) is 0.497. The molecule has 0 rings (SSSR count). The van der Waals surface area contributed by atoms with Gasteiger partial charge in [0.25, 0.3) is 0 Å². The molecule has 0 radical (unpaired) electrons. The first-order chi connectivity index (χ1) is 3.18. The Bertz CT molecular complexity index is 68.5. The normalized spacial score (nSPS) is 8.43. The second-order valence-electron chi connectivity index (χ2n) is 1.53. The van der Waals surface area contributed by atoms with Crippen LogP contribution in [-0.2, 0) is 0 Å². The Kier molecular flexibility index (Phi) is 3.02. The lowest BCUT2D eigenvalue weighted by Crippen LogP contribution is -1.99. The van der Waals surface area contributed by atoms with Gasteiger partial charge in [0, 0.05) is 12.7 Å². The van der Waals surface area contributed by atoms with Crippen LogP contribution in [0, 0.1) is 0 Å². The summed E-state index contributed by atoms with van der Waals surface area (Å²) in [7, 11) is 4.52. The fraction of sp³-hybridized carbons (Fsp3) is 0.600. The van der Waals surface area contributed by atoms with Crippen LogP contribution in [0.4, 0.5) is 0 Å². The number of hydrogen-bond donors (Lipinski definition) is 0. The highest BCUT2D eigenvalue weighted by Crippen LogP contribution is 2.06. The van der Waals surface area contributed by atoms with E-state index in [1.807, 2.05) is 11.7 Å². The third kappa shape index (κ3) is 2.64. The molecule has 0 aliphatic carbocycles. The Morgan fingerprint density at radius 1 is 1.86 bits per heavy atom. The number of rotatable bonds is 2. The molecule has 1 atom stereocenters. The highest BCUT2D eigenvalue weighted by atomic mass is 31.0. The van der Waals surface area contributed by atoms with Gasteiger partial charge in [0.15, 0.2) is 0 Å². The van der Waals surface area contributed by atoms with Gasteiger partial charge >= 0.3 is 0 Å². The molecule has 0 saturated heterocycles. The molecule has 0 aromatic rings. The Labute approximate surface area is 47.7 Å². The number of hydrogen-bond acceptors (Lipinski definition) is 1. The van der Waals surface area contributed by atoms with Crippen molar-refractivity contribution >= 4 is 9.39 Å². The second kappa shape index (κ2) is 3.04. The molecule has 0 amide bonds. The summed E-state index contributed by atoms with van der Waals surface area (Å²) in [6.45, 7) is 5.86.